The minimum atomic E-state index is -4.53. The van der Waals surface area contributed by atoms with Crippen LogP contribution < -0.4 is 0 Å². The molecule has 2 atom stereocenters. The standard InChI is InChI=1S/C16H18F3N5O/c1-9-6-11(9)14(25)23-4-2-10(3-5-23)12-7-13(16(17,18)19)24-15(22-12)20-8-21-24/h7-11H,2-6H2,1H3/t9-,11-/m1/s1. The molecular formula is C16H18F3N5O. The molecule has 0 unspecified atom stereocenters. The third-order valence-electron chi connectivity index (χ3n) is 5.21. The van der Waals surface area contributed by atoms with Crippen LogP contribution in [0.4, 0.5) is 13.2 Å². The normalized spacial score (nSPS) is 24.7. The summed E-state index contributed by atoms with van der Waals surface area (Å²) in [7, 11) is 0. The molecule has 3 heterocycles. The van der Waals surface area contributed by atoms with Gasteiger partial charge in [0.1, 0.15) is 6.33 Å². The largest absolute Gasteiger partial charge is 0.433 e. The Bertz CT molecular complexity index is 810. The smallest absolute Gasteiger partial charge is 0.342 e. The van der Waals surface area contributed by atoms with Crippen LogP contribution in [-0.4, -0.2) is 43.5 Å². The van der Waals surface area contributed by atoms with Gasteiger partial charge < -0.3 is 4.90 Å². The number of carbonyl (C=O) groups excluding carboxylic acids is 1. The number of amides is 1. The van der Waals surface area contributed by atoms with E-state index in [-0.39, 0.29) is 23.5 Å². The van der Waals surface area contributed by atoms with Gasteiger partial charge in [-0.15, -0.1) is 0 Å². The van der Waals surface area contributed by atoms with E-state index in [1.54, 1.807) is 0 Å². The zero-order valence-corrected chi connectivity index (χ0v) is 13.7. The number of aromatic nitrogens is 4. The van der Waals surface area contributed by atoms with Crippen LogP contribution in [0.3, 0.4) is 0 Å². The summed E-state index contributed by atoms with van der Waals surface area (Å²) in [5, 5.41) is 3.61. The van der Waals surface area contributed by atoms with E-state index in [4.69, 9.17) is 0 Å². The fourth-order valence-corrected chi connectivity index (χ4v) is 3.54. The Morgan fingerprint density at radius 3 is 2.56 bits per heavy atom. The second-order valence-electron chi connectivity index (χ2n) is 6.95. The van der Waals surface area contributed by atoms with Crippen molar-refractivity contribution < 1.29 is 18.0 Å². The molecule has 0 radical (unpaired) electrons. The van der Waals surface area contributed by atoms with Crippen LogP contribution in [0.2, 0.25) is 0 Å². The van der Waals surface area contributed by atoms with Gasteiger partial charge in [0.2, 0.25) is 5.91 Å². The van der Waals surface area contributed by atoms with E-state index in [1.165, 1.54) is 0 Å². The van der Waals surface area contributed by atoms with Gasteiger partial charge in [-0.25, -0.2) is 4.98 Å². The molecule has 25 heavy (non-hydrogen) atoms. The molecule has 2 aromatic heterocycles. The van der Waals surface area contributed by atoms with Crippen LogP contribution >= 0.6 is 0 Å². The molecule has 2 aromatic rings. The Kier molecular flexibility index (Phi) is 3.69. The van der Waals surface area contributed by atoms with Gasteiger partial charge in [-0.3, -0.25) is 4.79 Å². The molecule has 0 aromatic carbocycles. The molecule has 2 fully saturated rings. The van der Waals surface area contributed by atoms with Gasteiger partial charge in [0.05, 0.1) is 0 Å². The van der Waals surface area contributed by atoms with E-state index in [1.807, 2.05) is 4.90 Å². The maximum absolute atomic E-state index is 13.3. The predicted octanol–water partition coefficient (Wildman–Crippen LogP) is 2.51. The highest BCUT2D eigenvalue weighted by Gasteiger charge is 2.42. The highest BCUT2D eigenvalue weighted by Crippen LogP contribution is 2.40. The monoisotopic (exact) mass is 353 g/mol. The summed E-state index contributed by atoms with van der Waals surface area (Å²) < 4.78 is 40.5. The Labute approximate surface area is 142 Å². The van der Waals surface area contributed by atoms with E-state index in [0.29, 0.717) is 37.5 Å². The van der Waals surface area contributed by atoms with Crippen LogP contribution in [0, 0.1) is 11.8 Å². The van der Waals surface area contributed by atoms with Crippen molar-refractivity contribution >= 4 is 11.7 Å². The molecule has 1 aliphatic carbocycles. The lowest BCUT2D eigenvalue weighted by Gasteiger charge is -2.32. The van der Waals surface area contributed by atoms with Gasteiger partial charge in [-0.05, 0) is 31.2 Å². The summed E-state index contributed by atoms with van der Waals surface area (Å²) in [5.74, 6) is 0.622. The third kappa shape index (κ3) is 2.96. The van der Waals surface area contributed by atoms with Gasteiger partial charge in [-0.2, -0.15) is 27.8 Å². The molecule has 6 nitrogen and oxygen atoms in total. The van der Waals surface area contributed by atoms with E-state index in [0.717, 1.165) is 23.3 Å². The highest BCUT2D eigenvalue weighted by molar-refractivity contribution is 5.81. The zero-order chi connectivity index (χ0) is 17.8. The average Bonchev–Trinajstić information content (AvgIpc) is 3.12. The van der Waals surface area contributed by atoms with Crippen molar-refractivity contribution in [3.8, 4) is 0 Å². The predicted molar refractivity (Wildman–Crippen MR) is 81.6 cm³/mol. The van der Waals surface area contributed by atoms with Crippen molar-refractivity contribution in [2.75, 3.05) is 13.1 Å². The number of hydrogen-bond donors (Lipinski definition) is 0. The first-order valence-corrected chi connectivity index (χ1v) is 8.41. The van der Waals surface area contributed by atoms with Gasteiger partial charge in [0.25, 0.3) is 5.78 Å². The summed E-state index contributed by atoms with van der Waals surface area (Å²) in [4.78, 5) is 22.2. The first kappa shape index (κ1) is 16.3. The maximum atomic E-state index is 13.3. The van der Waals surface area contributed by atoms with E-state index < -0.39 is 11.9 Å². The summed E-state index contributed by atoms with van der Waals surface area (Å²) in [6.45, 7) is 3.19. The van der Waals surface area contributed by atoms with E-state index >= 15 is 0 Å². The topological polar surface area (TPSA) is 63.4 Å². The Morgan fingerprint density at radius 1 is 1.28 bits per heavy atom. The highest BCUT2D eigenvalue weighted by atomic mass is 19.4. The Morgan fingerprint density at radius 2 is 1.96 bits per heavy atom. The number of piperidine rings is 1. The van der Waals surface area contributed by atoms with Crippen molar-refractivity contribution in [1.29, 1.82) is 0 Å². The number of alkyl halides is 3. The molecule has 0 spiro atoms. The molecule has 1 saturated heterocycles. The van der Waals surface area contributed by atoms with Gasteiger partial charge in [0, 0.05) is 30.6 Å². The van der Waals surface area contributed by atoms with Crippen molar-refractivity contribution in [3.63, 3.8) is 0 Å². The number of nitrogens with zero attached hydrogens (tertiary/aromatic N) is 5. The summed E-state index contributed by atoms with van der Waals surface area (Å²) >= 11 is 0. The fraction of sp³-hybridized carbons (Fsp3) is 0.625. The summed E-state index contributed by atoms with van der Waals surface area (Å²) in [5.41, 5.74) is -0.491. The van der Waals surface area contributed by atoms with E-state index in [2.05, 4.69) is 22.0 Å². The van der Waals surface area contributed by atoms with Gasteiger partial charge >= 0.3 is 6.18 Å². The minimum absolute atomic E-state index is 0.0462. The maximum Gasteiger partial charge on any atom is 0.433 e. The van der Waals surface area contributed by atoms with Crippen LogP contribution in [0.25, 0.3) is 5.78 Å². The van der Waals surface area contributed by atoms with Crippen molar-refractivity contribution in [2.24, 2.45) is 11.8 Å². The fourth-order valence-electron chi connectivity index (χ4n) is 3.54. The lowest BCUT2D eigenvalue weighted by molar-refractivity contribution is -0.142. The van der Waals surface area contributed by atoms with Crippen molar-refractivity contribution in [3.05, 3.63) is 23.8 Å². The Balaban J connectivity index is 1.54. The third-order valence-corrected chi connectivity index (χ3v) is 5.21. The quantitative estimate of drug-likeness (QED) is 0.832. The average molecular weight is 353 g/mol. The number of halogens is 3. The first-order valence-electron chi connectivity index (χ1n) is 8.41. The second kappa shape index (κ2) is 5.67. The molecule has 0 N–H and O–H groups in total. The number of carbonyl (C=O) groups is 1. The molecule has 134 valence electrons. The van der Waals surface area contributed by atoms with Crippen LogP contribution in [-0.2, 0) is 11.0 Å². The van der Waals surface area contributed by atoms with Crippen molar-refractivity contribution in [2.45, 2.75) is 38.3 Å². The molecule has 1 amide bonds. The second-order valence-corrected chi connectivity index (χ2v) is 6.95. The lowest BCUT2D eigenvalue weighted by atomic mass is 9.92. The molecule has 1 saturated carbocycles. The Hall–Kier alpha value is -2.19. The summed E-state index contributed by atoms with van der Waals surface area (Å²) in [6, 6.07) is 1.06. The van der Waals surface area contributed by atoms with Gasteiger partial charge in [-0.1, -0.05) is 6.92 Å². The number of rotatable bonds is 2. The molecule has 4 rings (SSSR count). The molecule has 9 heteroatoms. The van der Waals surface area contributed by atoms with Crippen LogP contribution in [0.5, 0.6) is 0 Å². The number of hydrogen-bond acceptors (Lipinski definition) is 4. The number of fused-ring (bicyclic) bond motifs is 1. The minimum Gasteiger partial charge on any atom is -0.342 e. The molecule has 1 aliphatic heterocycles. The zero-order valence-electron chi connectivity index (χ0n) is 13.7. The van der Waals surface area contributed by atoms with Crippen molar-refractivity contribution in [1.82, 2.24) is 24.5 Å². The first-order chi connectivity index (χ1) is 11.8. The number of likely N-dealkylation sites (tertiary alicyclic amines) is 1. The molecular weight excluding hydrogens is 335 g/mol. The van der Waals surface area contributed by atoms with Crippen LogP contribution in [0.15, 0.2) is 12.4 Å². The lowest BCUT2D eigenvalue weighted by Crippen LogP contribution is -2.39. The molecule has 2 aliphatic rings. The molecule has 0 bridgehead atoms. The van der Waals surface area contributed by atoms with Gasteiger partial charge in [0.15, 0.2) is 5.69 Å². The summed E-state index contributed by atoms with van der Waals surface area (Å²) in [6.07, 6.45) is -1.29. The van der Waals surface area contributed by atoms with E-state index in [9.17, 15) is 18.0 Å². The SMILES string of the molecule is C[C@@H]1C[C@H]1C(=O)N1CCC(c2cc(C(F)(F)F)n3ncnc3n2)CC1. The van der Waals surface area contributed by atoms with Crippen LogP contribution in [0.1, 0.15) is 43.5 Å².